The SMILES string of the molecule is Cc1nc(C(F)(F)F)c(C(F)(F)F)c(=O)[nH]1. The number of H-pyrrole nitrogens is 1. The number of hydrogen-bond donors (Lipinski definition) is 1. The van der Waals surface area contributed by atoms with Crippen LogP contribution in [0.3, 0.4) is 0 Å². The second-order valence-electron chi connectivity index (χ2n) is 2.87. The molecule has 0 aromatic carbocycles. The van der Waals surface area contributed by atoms with Gasteiger partial charge in [0.1, 0.15) is 5.82 Å². The van der Waals surface area contributed by atoms with Gasteiger partial charge >= 0.3 is 12.4 Å². The minimum Gasteiger partial charge on any atom is -0.310 e. The van der Waals surface area contributed by atoms with E-state index in [1.165, 1.54) is 0 Å². The second-order valence-corrected chi connectivity index (χ2v) is 2.87. The highest BCUT2D eigenvalue weighted by Crippen LogP contribution is 2.36. The molecule has 0 aliphatic carbocycles. The molecule has 1 aromatic rings. The summed E-state index contributed by atoms with van der Waals surface area (Å²) in [6.07, 6.45) is -10.7. The molecule has 90 valence electrons. The molecule has 3 nitrogen and oxygen atoms in total. The Morgan fingerprint density at radius 2 is 1.56 bits per heavy atom. The van der Waals surface area contributed by atoms with Crippen LogP contribution in [0.25, 0.3) is 0 Å². The molecular formula is C7H4F6N2O. The summed E-state index contributed by atoms with van der Waals surface area (Å²) in [6, 6.07) is 0. The fraction of sp³-hybridized carbons (Fsp3) is 0.429. The van der Waals surface area contributed by atoms with Crippen molar-refractivity contribution in [1.29, 1.82) is 0 Å². The summed E-state index contributed by atoms with van der Waals surface area (Å²) >= 11 is 0. The number of aromatic nitrogens is 2. The lowest BCUT2D eigenvalue weighted by molar-refractivity contribution is -0.165. The fourth-order valence-corrected chi connectivity index (χ4v) is 1.05. The number of alkyl halides is 6. The van der Waals surface area contributed by atoms with E-state index >= 15 is 0 Å². The molecule has 0 saturated heterocycles. The summed E-state index contributed by atoms with van der Waals surface area (Å²) in [5, 5.41) is 0. The van der Waals surface area contributed by atoms with Gasteiger partial charge in [-0.15, -0.1) is 0 Å². The summed E-state index contributed by atoms with van der Waals surface area (Å²) in [7, 11) is 0. The maximum Gasteiger partial charge on any atom is 0.434 e. The summed E-state index contributed by atoms with van der Waals surface area (Å²) in [4.78, 5) is 15.1. The Morgan fingerprint density at radius 3 is 1.94 bits per heavy atom. The predicted molar refractivity (Wildman–Crippen MR) is 39.6 cm³/mol. The highest BCUT2D eigenvalue weighted by Gasteiger charge is 2.47. The van der Waals surface area contributed by atoms with E-state index in [0.717, 1.165) is 6.92 Å². The number of aromatic amines is 1. The number of nitrogens with one attached hydrogen (secondary N) is 1. The summed E-state index contributed by atoms with van der Waals surface area (Å²) in [6.45, 7) is 0.955. The van der Waals surface area contributed by atoms with Crippen LogP contribution in [0.2, 0.25) is 0 Å². The van der Waals surface area contributed by atoms with Crippen molar-refractivity contribution < 1.29 is 26.3 Å². The molecule has 0 amide bonds. The molecule has 1 aromatic heterocycles. The van der Waals surface area contributed by atoms with E-state index in [1.807, 2.05) is 0 Å². The molecule has 0 atom stereocenters. The van der Waals surface area contributed by atoms with E-state index in [9.17, 15) is 31.1 Å². The maximum atomic E-state index is 12.2. The first kappa shape index (κ1) is 12.5. The van der Waals surface area contributed by atoms with E-state index in [2.05, 4.69) is 4.98 Å². The third kappa shape index (κ3) is 2.34. The van der Waals surface area contributed by atoms with Crippen molar-refractivity contribution in [3.8, 4) is 0 Å². The van der Waals surface area contributed by atoms with Crippen LogP contribution in [0.4, 0.5) is 26.3 Å². The molecule has 0 bridgehead atoms. The smallest absolute Gasteiger partial charge is 0.310 e. The molecule has 16 heavy (non-hydrogen) atoms. The molecule has 1 heterocycles. The molecule has 0 saturated carbocycles. The number of halogens is 6. The molecule has 0 aliphatic heterocycles. The first-order valence-corrected chi connectivity index (χ1v) is 3.79. The van der Waals surface area contributed by atoms with E-state index in [1.54, 1.807) is 4.98 Å². The van der Waals surface area contributed by atoms with Gasteiger partial charge in [0.2, 0.25) is 0 Å². The molecule has 1 N–H and O–H groups in total. The zero-order chi connectivity index (χ0) is 12.7. The van der Waals surface area contributed by atoms with Crippen LogP contribution in [0, 0.1) is 6.92 Å². The zero-order valence-electron chi connectivity index (χ0n) is 7.62. The number of hydrogen-bond acceptors (Lipinski definition) is 2. The summed E-state index contributed by atoms with van der Waals surface area (Å²) in [5.74, 6) is -0.537. The van der Waals surface area contributed by atoms with Gasteiger partial charge in [-0.25, -0.2) is 4.98 Å². The Bertz CT molecular complexity index is 457. The van der Waals surface area contributed by atoms with Gasteiger partial charge in [-0.05, 0) is 6.92 Å². The number of rotatable bonds is 0. The Morgan fingerprint density at radius 1 is 1.06 bits per heavy atom. The van der Waals surface area contributed by atoms with Gasteiger partial charge in [-0.2, -0.15) is 26.3 Å². The number of nitrogens with zero attached hydrogens (tertiary/aromatic N) is 1. The molecule has 9 heteroatoms. The third-order valence-electron chi connectivity index (χ3n) is 1.59. The maximum absolute atomic E-state index is 12.2. The van der Waals surface area contributed by atoms with Crippen LogP contribution < -0.4 is 5.56 Å². The zero-order valence-corrected chi connectivity index (χ0v) is 7.62. The predicted octanol–water partition coefficient (Wildman–Crippen LogP) is 2.12. The third-order valence-corrected chi connectivity index (χ3v) is 1.59. The Hall–Kier alpha value is -1.54. The molecule has 0 aliphatic rings. The minimum absolute atomic E-state index is 0.537. The lowest BCUT2D eigenvalue weighted by atomic mass is 10.2. The highest BCUT2D eigenvalue weighted by atomic mass is 19.4. The van der Waals surface area contributed by atoms with E-state index in [4.69, 9.17) is 0 Å². The van der Waals surface area contributed by atoms with Crippen LogP contribution in [0.1, 0.15) is 17.1 Å². The summed E-state index contributed by atoms with van der Waals surface area (Å²) < 4.78 is 73.3. The van der Waals surface area contributed by atoms with Gasteiger partial charge in [0.15, 0.2) is 11.3 Å². The Balaban J connectivity index is 3.65. The summed E-state index contributed by atoms with van der Waals surface area (Å²) in [5.41, 5.74) is -6.40. The van der Waals surface area contributed by atoms with Crippen LogP contribution in [-0.2, 0) is 12.4 Å². The monoisotopic (exact) mass is 246 g/mol. The largest absolute Gasteiger partial charge is 0.434 e. The lowest BCUT2D eigenvalue weighted by Crippen LogP contribution is -2.30. The van der Waals surface area contributed by atoms with Crippen LogP contribution in [-0.4, -0.2) is 9.97 Å². The fourth-order valence-electron chi connectivity index (χ4n) is 1.05. The standard InChI is InChI=1S/C7H4F6N2O/c1-2-14-4(7(11,12)13)3(5(16)15-2)6(8,9)10/h1H3,(H,14,15,16). The first-order valence-electron chi connectivity index (χ1n) is 3.79. The van der Waals surface area contributed by atoms with E-state index < -0.39 is 35.0 Å². The van der Waals surface area contributed by atoms with Gasteiger partial charge < -0.3 is 4.98 Å². The van der Waals surface area contributed by atoms with Gasteiger partial charge in [-0.1, -0.05) is 0 Å². The minimum atomic E-state index is -5.40. The molecule has 0 unspecified atom stereocenters. The molecule has 0 radical (unpaired) electrons. The second kappa shape index (κ2) is 3.49. The topological polar surface area (TPSA) is 45.8 Å². The van der Waals surface area contributed by atoms with Gasteiger partial charge in [0.25, 0.3) is 5.56 Å². The van der Waals surface area contributed by atoms with Crippen molar-refractivity contribution >= 4 is 0 Å². The highest BCUT2D eigenvalue weighted by molar-refractivity contribution is 5.23. The van der Waals surface area contributed by atoms with Crippen molar-refractivity contribution in [2.75, 3.05) is 0 Å². The van der Waals surface area contributed by atoms with Crippen molar-refractivity contribution in [2.45, 2.75) is 19.3 Å². The van der Waals surface area contributed by atoms with E-state index in [-0.39, 0.29) is 0 Å². The Kier molecular flexibility index (Phi) is 2.74. The van der Waals surface area contributed by atoms with Crippen molar-refractivity contribution in [1.82, 2.24) is 9.97 Å². The first-order chi connectivity index (χ1) is 7.03. The van der Waals surface area contributed by atoms with Crippen molar-refractivity contribution in [3.05, 3.63) is 27.4 Å². The average Bonchev–Trinajstić information content (AvgIpc) is 1.97. The quantitative estimate of drug-likeness (QED) is 0.712. The van der Waals surface area contributed by atoms with Crippen molar-refractivity contribution in [2.24, 2.45) is 0 Å². The molecule has 0 spiro atoms. The molecule has 0 fully saturated rings. The van der Waals surface area contributed by atoms with Gasteiger partial charge in [-0.3, -0.25) is 4.79 Å². The van der Waals surface area contributed by atoms with Crippen molar-refractivity contribution in [3.63, 3.8) is 0 Å². The van der Waals surface area contributed by atoms with Crippen LogP contribution in [0.5, 0.6) is 0 Å². The van der Waals surface area contributed by atoms with Gasteiger partial charge in [0, 0.05) is 0 Å². The molecular weight excluding hydrogens is 242 g/mol. The van der Waals surface area contributed by atoms with Gasteiger partial charge in [0.05, 0.1) is 0 Å². The Labute approximate surface area is 84.1 Å². The normalized spacial score (nSPS) is 12.9. The average molecular weight is 246 g/mol. The van der Waals surface area contributed by atoms with Crippen LogP contribution in [0.15, 0.2) is 4.79 Å². The van der Waals surface area contributed by atoms with Crippen LogP contribution >= 0.6 is 0 Å². The lowest BCUT2D eigenvalue weighted by Gasteiger charge is -2.13. The number of aryl methyl sites for hydroxylation is 1. The molecule has 1 rings (SSSR count). The van der Waals surface area contributed by atoms with E-state index in [0.29, 0.717) is 0 Å².